The van der Waals surface area contributed by atoms with Gasteiger partial charge in [0, 0.05) is 17.0 Å². The lowest BCUT2D eigenvalue weighted by Gasteiger charge is -2.40. The van der Waals surface area contributed by atoms with Crippen LogP contribution in [0.4, 0.5) is 4.39 Å². The van der Waals surface area contributed by atoms with E-state index < -0.39 is 11.4 Å². The summed E-state index contributed by atoms with van der Waals surface area (Å²) >= 11 is 14.3. The number of benzene rings is 2. The predicted octanol–water partition coefficient (Wildman–Crippen LogP) is 7.74. The highest BCUT2D eigenvalue weighted by molar-refractivity contribution is 7.18. The Hall–Kier alpha value is -2.54. The Morgan fingerprint density at radius 2 is 1.87 bits per heavy atom. The topological polar surface area (TPSA) is 92.2 Å². The average molecular weight is 585 g/mol. The van der Waals surface area contributed by atoms with E-state index in [4.69, 9.17) is 32.5 Å². The molecule has 7 rings (SSSR count). The number of aromatic nitrogens is 2. The molecule has 4 atom stereocenters. The van der Waals surface area contributed by atoms with Crippen molar-refractivity contribution in [2.45, 2.75) is 62.8 Å². The summed E-state index contributed by atoms with van der Waals surface area (Å²) in [4.78, 5) is 4.49. The molecule has 2 aromatic carbocycles. The van der Waals surface area contributed by atoms with Crippen LogP contribution in [-0.2, 0) is 16.9 Å². The Balaban J connectivity index is 1.14. The minimum Gasteiger partial charge on any atom is -0.383 e. The number of aliphatic hydroxyl groups is 1. The number of thiazole rings is 1. The quantitative estimate of drug-likeness (QED) is 0.249. The second-order valence-electron chi connectivity index (χ2n) is 11.0. The van der Waals surface area contributed by atoms with E-state index >= 15 is 0 Å². The van der Waals surface area contributed by atoms with Crippen LogP contribution in [0.5, 0.6) is 0 Å². The Morgan fingerprint density at radius 3 is 2.54 bits per heavy atom. The molecule has 39 heavy (non-hydrogen) atoms. The molecule has 0 radical (unpaired) electrons. The highest BCUT2D eigenvalue weighted by atomic mass is 35.5. The molecule has 0 spiro atoms. The van der Waals surface area contributed by atoms with Crippen molar-refractivity contribution < 1.29 is 18.8 Å². The SMILES string of the molecule is N#Cc1cc(F)c2nc(C3(O)C[C@H]4CC[C@@H](C3)C4OCc3c(-c4c(Cl)cccc4Cl)noc3C3CC3)sc2c1. The van der Waals surface area contributed by atoms with Crippen molar-refractivity contribution in [3.63, 3.8) is 0 Å². The van der Waals surface area contributed by atoms with Crippen LogP contribution >= 0.6 is 34.5 Å². The van der Waals surface area contributed by atoms with Gasteiger partial charge in [-0.15, -0.1) is 11.3 Å². The maximum atomic E-state index is 14.6. The molecule has 3 aliphatic rings. The minimum atomic E-state index is -1.15. The van der Waals surface area contributed by atoms with Crippen molar-refractivity contribution in [1.29, 1.82) is 5.26 Å². The fourth-order valence-corrected chi connectivity index (χ4v) is 8.16. The van der Waals surface area contributed by atoms with Crippen molar-refractivity contribution >= 4 is 44.8 Å². The van der Waals surface area contributed by atoms with E-state index in [1.54, 1.807) is 24.3 Å². The van der Waals surface area contributed by atoms with Crippen molar-refractivity contribution in [2.75, 3.05) is 0 Å². The molecule has 3 fully saturated rings. The van der Waals surface area contributed by atoms with Gasteiger partial charge in [-0.05, 0) is 74.6 Å². The summed E-state index contributed by atoms with van der Waals surface area (Å²) in [5, 5.41) is 26.8. The lowest BCUT2D eigenvalue weighted by atomic mass is 9.76. The molecular weight excluding hydrogens is 560 g/mol. The van der Waals surface area contributed by atoms with E-state index in [1.165, 1.54) is 17.4 Å². The van der Waals surface area contributed by atoms with Gasteiger partial charge < -0.3 is 14.4 Å². The van der Waals surface area contributed by atoms with Crippen LogP contribution in [0.1, 0.15) is 66.3 Å². The lowest BCUT2D eigenvalue weighted by Crippen LogP contribution is -2.42. The molecule has 2 unspecified atom stereocenters. The zero-order valence-electron chi connectivity index (χ0n) is 20.8. The van der Waals surface area contributed by atoms with Crippen LogP contribution in [0.25, 0.3) is 21.5 Å². The molecule has 0 amide bonds. The van der Waals surface area contributed by atoms with Crippen molar-refractivity contribution in [1.82, 2.24) is 10.1 Å². The average Bonchev–Trinajstić information content (AvgIpc) is 3.42. The van der Waals surface area contributed by atoms with Crippen molar-refractivity contribution in [3.05, 3.63) is 68.1 Å². The first-order chi connectivity index (χ1) is 18.8. The molecule has 2 heterocycles. The zero-order chi connectivity index (χ0) is 26.9. The zero-order valence-corrected chi connectivity index (χ0v) is 23.1. The largest absolute Gasteiger partial charge is 0.383 e. The van der Waals surface area contributed by atoms with Gasteiger partial charge in [0.1, 0.15) is 27.6 Å². The predicted molar refractivity (Wildman–Crippen MR) is 146 cm³/mol. The first-order valence-electron chi connectivity index (χ1n) is 13.1. The number of rotatable bonds is 6. The van der Waals surface area contributed by atoms with E-state index in [1.807, 2.05) is 6.07 Å². The maximum Gasteiger partial charge on any atom is 0.151 e. The number of ether oxygens (including phenoxy) is 1. The van der Waals surface area contributed by atoms with Gasteiger partial charge in [0.25, 0.3) is 0 Å². The fourth-order valence-electron chi connectivity index (χ4n) is 6.46. The molecule has 0 aliphatic heterocycles. The first kappa shape index (κ1) is 25.4. The van der Waals surface area contributed by atoms with Crippen LogP contribution in [0.15, 0.2) is 34.9 Å². The molecule has 200 valence electrons. The monoisotopic (exact) mass is 583 g/mol. The van der Waals surface area contributed by atoms with Gasteiger partial charge in [0.15, 0.2) is 5.82 Å². The molecule has 2 bridgehead atoms. The maximum absolute atomic E-state index is 14.6. The smallest absolute Gasteiger partial charge is 0.151 e. The highest BCUT2D eigenvalue weighted by Gasteiger charge is 2.51. The normalized spacial score (nSPS) is 26.3. The van der Waals surface area contributed by atoms with Gasteiger partial charge in [-0.2, -0.15) is 5.26 Å². The van der Waals surface area contributed by atoms with Gasteiger partial charge in [-0.3, -0.25) is 0 Å². The molecule has 10 heteroatoms. The molecule has 3 saturated carbocycles. The third-order valence-electron chi connectivity index (χ3n) is 8.40. The van der Waals surface area contributed by atoms with Gasteiger partial charge in [-0.25, -0.2) is 9.37 Å². The van der Waals surface area contributed by atoms with E-state index in [-0.39, 0.29) is 29.0 Å². The summed E-state index contributed by atoms with van der Waals surface area (Å²) < 4.78 is 27.5. The van der Waals surface area contributed by atoms with Crippen molar-refractivity contribution in [2.24, 2.45) is 11.8 Å². The van der Waals surface area contributed by atoms with Crippen LogP contribution in [0.2, 0.25) is 10.0 Å². The third-order valence-corrected chi connectivity index (χ3v) is 10.2. The summed E-state index contributed by atoms with van der Waals surface area (Å²) in [6.07, 6.45) is 4.94. The number of hydrogen-bond acceptors (Lipinski definition) is 7. The second-order valence-corrected chi connectivity index (χ2v) is 12.8. The summed E-state index contributed by atoms with van der Waals surface area (Å²) in [5.74, 6) is 0.910. The summed E-state index contributed by atoms with van der Waals surface area (Å²) in [6.45, 7) is 0.325. The second kappa shape index (κ2) is 9.53. The van der Waals surface area contributed by atoms with Crippen LogP contribution in [0, 0.1) is 29.0 Å². The Bertz CT molecular complexity index is 1610. The lowest BCUT2D eigenvalue weighted by molar-refractivity contribution is -0.105. The Labute approximate surface area is 238 Å². The van der Waals surface area contributed by atoms with E-state index in [9.17, 15) is 14.8 Å². The van der Waals surface area contributed by atoms with Gasteiger partial charge in [0.2, 0.25) is 0 Å². The highest BCUT2D eigenvalue weighted by Crippen LogP contribution is 2.54. The first-order valence-corrected chi connectivity index (χ1v) is 14.7. The van der Waals surface area contributed by atoms with Gasteiger partial charge in [0.05, 0.1) is 39.1 Å². The van der Waals surface area contributed by atoms with Crippen LogP contribution in [-0.4, -0.2) is 21.4 Å². The molecule has 6 nitrogen and oxygen atoms in total. The van der Waals surface area contributed by atoms with Crippen molar-refractivity contribution in [3.8, 4) is 17.3 Å². The number of nitriles is 1. The third kappa shape index (κ3) is 4.36. The number of nitrogens with zero attached hydrogens (tertiary/aromatic N) is 3. The molecule has 0 saturated heterocycles. The van der Waals surface area contributed by atoms with Crippen LogP contribution in [0.3, 0.4) is 0 Å². The molecule has 4 aromatic rings. The standard InChI is InChI=1S/C29H24Cl2FN3O3S/c30-19-2-1-3-20(31)23(19)24-18(27(38-35-24)15-4-5-15)13-37-26-16-6-7-17(26)11-29(36,10-16)28-34-25-21(32)8-14(12-33)9-22(25)39-28/h1-3,8-9,15-17,26,36H,4-7,10-11,13H2/t16-,17+,26?,29?. The number of halogens is 3. The van der Waals surface area contributed by atoms with Gasteiger partial charge >= 0.3 is 0 Å². The molecular formula is C29H24Cl2FN3O3S. The van der Waals surface area contributed by atoms with E-state index in [2.05, 4.69) is 10.1 Å². The summed E-state index contributed by atoms with van der Waals surface area (Å²) in [7, 11) is 0. The minimum absolute atomic E-state index is 0.0295. The Morgan fingerprint density at radius 1 is 1.15 bits per heavy atom. The van der Waals surface area contributed by atoms with E-state index in [0.29, 0.717) is 56.4 Å². The summed E-state index contributed by atoms with van der Waals surface area (Å²) in [5.41, 5.74) is 1.47. The Kier molecular flexibility index (Phi) is 6.22. The van der Waals surface area contributed by atoms with Crippen LogP contribution < -0.4 is 0 Å². The van der Waals surface area contributed by atoms with E-state index in [0.717, 1.165) is 37.0 Å². The molecule has 2 aromatic heterocycles. The fraction of sp³-hybridized carbons (Fsp3) is 0.414. The molecule has 1 N–H and O–H groups in total. The number of fused-ring (bicyclic) bond motifs is 3. The van der Waals surface area contributed by atoms with Gasteiger partial charge in [-0.1, -0.05) is 34.4 Å². The number of hydrogen-bond donors (Lipinski definition) is 1. The molecule has 3 aliphatic carbocycles. The summed E-state index contributed by atoms with van der Waals surface area (Å²) in [6, 6.07) is 10.2.